The topological polar surface area (TPSA) is 96.1 Å². The van der Waals surface area contributed by atoms with Crippen LogP contribution >= 0.6 is 0 Å². The van der Waals surface area contributed by atoms with Crippen molar-refractivity contribution in [3.05, 3.63) is 60.2 Å². The summed E-state index contributed by atoms with van der Waals surface area (Å²) in [6.07, 6.45) is 0.0284. The zero-order valence-electron chi connectivity index (χ0n) is 19.8. The van der Waals surface area contributed by atoms with Crippen molar-refractivity contribution in [1.82, 2.24) is 19.5 Å². The van der Waals surface area contributed by atoms with Gasteiger partial charge in [0.1, 0.15) is 30.4 Å². The molecule has 1 aromatic carbocycles. The molecule has 0 amide bonds. The summed E-state index contributed by atoms with van der Waals surface area (Å²) in [6.45, 7) is 0.891. The molecule has 0 spiro atoms. The van der Waals surface area contributed by atoms with E-state index < -0.39 is 24.9 Å². The number of benzene rings is 1. The van der Waals surface area contributed by atoms with Gasteiger partial charge in [0.15, 0.2) is 0 Å². The van der Waals surface area contributed by atoms with Crippen LogP contribution in [-0.4, -0.2) is 54.7 Å². The minimum absolute atomic E-state index is 0.113. The van der Waals surface area contributed by atoms with Gasteiger partial charge in [0.05, 0.1) is 23.4 Å². The van der Waals surface area contributed by atoms with Crippen molar-refractivity contribution >= 4 is 27.8 Å². The first-order valence-electron chi connectivity index (χ1n) is 12.1. The number of aliphatic hydroxyl groups excluding tert-OH is 2. The molecule has 5 rings (SSSR count). The fraction of sp³-hybridized carbons (Fsp3) is 0.423. The molecule has 190 valence electrons. The number of alkyl halides is 3. The van der Waals surface area contributed by atoms with Gasteiger partial charge in [-0.3, -0.25) is 0 Å². The molecule has 10 heteroatoms. The predicted molar refractivity (Wildman–Crippen MR) is 131 cm³/mol. The third kappa shape index (κ3) is 4.87. The second-order valence-electron chi connectivity index (χ2n) is 9.41. The first-order chi connectivity index (χ1) is 17.2. The van der Waals surface area contributed by atoms with E-state index in [-0.39, 0.29) is 17.8 Å². The van der Waals surface area contributed by atoms with E-state index in [1.54, 1.807) is 6.07 Å². The molecule has 3 heterocycles. The monoisotopic (exact) mass is 499 g/mol. The third-order valence-corrected chi connectivity index (χ3v) is 7.09. The Morgan fingerprint density at radius 2 is 1.89 bits per heavy atom. The van der Waals surface area contributed by atoms with Gasteiger partial charge >= 0.3 is 6.18 Å². The van der Waals surface area contributed by atoms with Crippen LogP contribution in [0, 0.1) is 5.92 Å². The van der Waals surface area contributed by atoms with Crippen LogP contribution < -0.4 is 5.32 Å². The molecule has 3 N–H and O–H groups in total. The van der Waals surface area contributed by atoms with Crippen LogP contribution in [0.5, 0.6) is 0 Å². The highest BCUT2D eigenvalue weighted by molar-refractivity contribution is 5.81. The minimum atomic E-state index is -4.32. The number of nitrogens with one attached hydrogen (secondary N) is 1. The van der Waals surface area contributed by atoms with Crippen molar-refractivity contribution in [3.63, 3.8) is 0 Å². The number of halogens is 3. The fourth-order valence-electron chi connectivity index (χ4n) is 5.19. The smallest absolute Gasteiger partial charge is 0.390 e. The number of hydrogen-bond acceptors (Lipinski definition) is 6. The van der Waals surface area contributed by atoms with Gasteiger partial charge in [0, 0.05) is 17.0 Å². The number of hydrogen-bond donors (Lipinski definition) is 3. The summed E-state index contributed by atoms with van der Waals surface area (Å²) in [6, 6.07) is 10.7. The van der Waals surface area contributed by atoms with Gasteiger partial charge in [-0.1, -0.05) is 19.1 Å². The Morgan fingerprint density at radius 3 is 2.67 bits per heavy atom. The van der Waals surface area contributed by atoms with Crippen molar-refractivity contribution in [2.75, 3.05) is 11.9 Å². The average Bonchev–Trinajstić information content (AvgIpc) is 3.41. The largest absolute Gasteiger partial charge is 0.405 e. The van der Waals surface area contributed by atoms with Crippen LogP contribution in [0.4, 0.5) is 19.0 Å². The van der Waals surface area contributed by atoms with E-state index in [4.69, 9.17) is 0 Å². The van der Waals surface area contributed by atoms with E-state index in [9.17, 15) is 23.4 Å². The summed E-state index contributed by atoms with van der Waals surface area (Å²) < 4.78 is 39.5. The molecule has 1 aliphatic carbocycles. The molecular formula is C26H28F3N5O2. The highest BCUT2D eigenvalue weighted by atomic mass is 19.4. The Balaban J connectivity index is 1.29. The summed E-state index contributed by atoms with van der Waals surface area (Å²) >= 11 is 0. The highest BCUT2D eigenvalue weighted by Crippen LogP contribution is 2.39. The first-order valence-corrected chi connectivity index (χ1v) is 12.1. The van der Waals surface area contributed by atoms with E-state index in [1.807, 2.05) is 42.0 Å². The Bertz CT molecular complexity index is 1370. The molecule has 0 saturated heterocycles. The molecule has 0 radical (unpaired) electrons. The number of rotatable bonds is 7. The number of aromatic nitrogens is 4. The van der Waals surface area contributed by atoms with E-state index in [0.717, 1.165) is 34.1 Å². The van der Waals surface area contributed by atoms with Gasteiger partial charge in [-0.15, -0.1) is 0 Å². The highest BCUT2D eigenvalue weighted by Gasteiger charge is 2.42. The van der Waals surface area contributed by atoms with Gasteiger partial charge in [0.25, 0.3) is 0 Å². The quantitative estimate of drug-likeness (QED) is 0.348. The van der Waals surface area contributed by atoms with Crippen molar-refractivity contribution in [2.24, 2.45) is 5.92 Å². The maximum atomic E-state index is 12.5. The van der Waals surface area contributed by atoms with Crippen LogP contribution in [0.15, 0.2) is 48.9 Å². The van der Waals surface area contributed by atoms with Crippen molar-refractivity contribution in [2.45, 2.75) is 57.0 Å². The van der Waals surface area contributed by atoms with Crippen molar-refractivity contribution in [1.29, 1.82) is 0 Å². The molecule has 1 fully saturated rings. The number of anilines is 1. The van der Waals surface area contributed by atoms with E-state index in [0.29, 0.717) is 24.8 Å². The van der Waals surface area contributed by atoms with Gasteiger partial charge in [0.2, 0.25) is 0 Å². The third-order valence-electron chi connectivity index (χ3n) is 7.09. The summed E-state index contributed by atoms with van der Waals surface area (Å²) in [5.41, 5.74) is 3.29. The Hall–Kier alpha value is -3.24. The second kappa shape index (κ2) is 9.67. The molecule has 3 aromatic heterocycles. The summed E-state index contributed by atoms with van der Waals surface area (Å²) in [5.74, 6) is 0.0570. The molecule has 7 nitrogen and oxygen atoms in total. The zero-order valence-corrected chi connectivity index (χ0v) is 19.8. The van der Waals surface area contributed by atoms with Crippen LogP contribution in [0.3, 0.4) is 0 Å². The lowest BCUT2D eigenvalue weighted by atomic mass is 9.95. The van der Waals surface area contributed by atoms with E-state index >= 15 is 0 Å². The van der Waals surface area contributed by atoms with Crippen LogP contribution in [0.25, 0.3) is 21.9 Å². The lowest BCUT2D eigenvalue weighted by molar-refractivity contribution is -0.115. The van der Waals surface area contributed by atoms with E-state index in [1.165, 1.54) is 12.4 Å². The molecule has 4 aromatic rings. The summed E-state index contributed by atoms with van der Waals surface area (Å²) in [4.78, 5) is 13.1. The lowest BCUT2D eigenvalue weighted by Gasteiger charge is -2.19. The number of nitrogens with zero attached hydrogens (tertiary/aromatic N) is 4. The van der Waals surface area contributed by atoms with Crippen LogP contribution in [-0.2, 0) is 12.8 Å². The van der Waals surface area contributed by atoms with Crippen molar-refractivity contribution in [3.8, 4) is 0 Å². The summed E-state index contributed by atoms with van der Waals surface area (Å²) in [5, 5.41) is 25.8. The standard InChI is InChI=1S/C26H28F3N5O2/c1-2-19-18-9-10-34(25(18)32-14-31-19)21-12-17(23(35)24(21)36)6-4-15-3-5-16-7-8-22(33-20(16)11-15)30-13-26(27,28)29/h3,5,7-11,14,17,21,23-24,35-36H,2,4,6,12-13H2,1H3,(H,30,33)/t17-,21+,23+,24-/m0/s1. The maximum Gasteiger partial charge on any atom is 0.405 e. The zero-order chi connectivity index (χ0) is 25.4. The molecule has 0 aliphatic heterocycles. The van der Waals surface area contributed by atoms with E-state index in [2.05, 4.69) is 20.3 Å². The maximum absolute atomic E-state index is 12.5. The first kappa shape index (κ1) is 24.5. The average molecular weight is 500 g/mol. The SMILES string of the molecule is CCc1ncnc2c1ccn2[C@@H]1C[C@H](CCc2ccc3ccc(NCC(F)(F)F)nc3c2)[C@@H](O)[C@H]1O. The number of aliphatic hydroxyl groups is 2. The minimum Gasteiger partial charge on any atom is -0.390 e. The summed E-state index contributed by atoms with van der Waals surface area (Å²) in [7, 11) is 0. The second-order valence-corrected chi connectivity index (χ2v) is 9.41. The molecule has 1 aliphatic rings. The van der Waals surface area contributed by atoms with Gasteiger partial charge in [-0.2, -0.15) is 13.2 Å². The predicted octanol–water partition coefficient (Wildman–Crippen LogP) is 4.43. The molecule has 36 heavy (non-hydrogen) atoms. The molecule has 0 bridgehead atoms. The van der Waals surface area contributed by atoms with Crippen molar-refractivity contribution < 1.29 is 23.4 Å². The van der Waals surface area contributed by atoms with Crippen LogP contribution in [0.1, 0.15) is 37.1 Å². The fourth-order valence-corrected chi connectivity index (χ4v) is 5.19. The number of aryl methyl sites for hydroxylation is 2. The molecule has 0 unspecified atom stereocenters. The number of pyridine rings is 1. The van der Waals surface area contributed by atoms with Gasteiger partial charge in [-0.05, 0) is 61.4 Å². The Kier molecular flexibility index (Phi) is 6.57. The van der Waals surface area contributed by atoms with Crippen LogP contribution in [0.2, 0.25) is 0 Å². The lowest BCUT2D eigenvalue weighted by Crippen LogP contribution is -2.29. The molecule has 4 atom stereocenters. The normalized spacial score (nSPS) is 22.5. The molecular weight excluding hydrogens is 471 g/mol. The Labute approximate surface area is 206 Å². The Morgan fingerprint density at radius 1 is 1.08 bits per heavy atom. The molecule has 1 saturated carbocycles. The van der Waals surface area contributed by atoms with Gasteiger partial charge in [-0.25, -0.2) is 15.0 Å². The van der Waals surface area contributed by atoms with Gasteiger partial charge < -0.3 is 20.1 Å². The number of fused-ring (bicyclic) bond motifs is 2.